The van der Waals surface area contributed by atoms with E-state index < -0.39 is 5.97 Å². The van der Waals surface area contributed by atoms with Gasteiger partial charge in [-0.05, 0) is 36.1 Å². The number of aromatic carboxylic acids is 1. The monoisotopic (exact) mass is 298 g/mol. The van der Waals surface area contributed by atoms with Gasteiger partial charge in [0.05, 0.1) is 10.6 Å². The summed E-state index contributed by atoms with van der Waals surface area (Å²) in [5.74, 6) is -0.0537. The third-order valence-electron chi connectivity index (χ3n) is 2.37. The van der Waals surface area contributed by atoms with Crippen LogP contribution in [0, 0.1) is 0 Å². The van der Waals surface area contributed by atoms with Crippen molar-refractivity contribution < 1.29 is 9.90 Å². The quantitative estimate of drug-likeness (QED) is 0.830. The maximum absolute atomic E-state index is 10.9. The highest BCUT2D eigenvalue weighted by atomic mass is 35.5. The maximum Gasteiger partial charge on any atom is 0.337 e. The fourth-order valence-electron chi connectivity index (χ4n) is 1.48. The van der Waals surface area contributed by atoms with Gasteiger partial charge in [-0.15, -0.1) is 23.1 Å². The smallest absolute Gasteiger partial charge is 0.337 e. The van der Waals surface area contributed by atoms with Crippen LogP contribution in [0.4, 0.5) is 0 Å². The van der Waals surface area contributed by atoms with Gasteiger partial charge in [0, 0.05) is 15.5 Å². The van der Waals surface area contributed by atoms with Crippen LogP contribution in [-0.4, -0.2) is 16.8 Å². The average Bonchev–Trinajstić information content (AvgIpc) is 2.84. The van der Waals surface area contributed by atoms with Gasteiger partial charge in [0.25, 0.3) is 0 Å². The molecule has 18 heavy (non-hydrogen) atoms. The minimum atomic E-state index is -0.985. The molecule has 0 radical (unpaired) electrons. The number of benzene rings is 1. The Morgan fingerprint density at radius 3 is 2.89 bits per heavy atom. The Balaban J connectivity index is 1.97. The summed E-state index contributed by atoms with van der Waals surface area (Å²) in [4.78, 5) is 13.2. The summed E-state index contributed by atoms with van der Waals surface area (Å²) in [5, 5.41) is 11.3. The van der Waals surface area contributed by atoms with Crippen molar-refractivity contribution in [2.45, 2.75) is 11.3 Å². The number of carbonyl (C=O) groups is 1. The minimum Gasteiger partial charge on any atom is -0.478 e. The lowest BCUT2D eigenvalue weighted by atomic mass is 10.2. The van der Waals surface area contributed by atoms with E-state index in [-0.39, 0.29) is 10.6 Å². The van der Waals surface area contributed by atoms with Crippen molar-refractivity contribution in [3.8, 4) is 0 Å². The maximum atomic E-state index is 10.9. The molecule has 5 heteroatoms. The molecule has 0 aliphatic heterocycles. The number of aryl methyl sites for hydroxylation is 1. The van der Waals surface area contributed by atoms with Crippen molar-refractivity contribution in [3.63, 3.8) is 0 Å². The highest BCUT2D eigenvalue weighted by Gasteiger charge is 2.09. The van der Waals surface area contributed by atoms with E-state index in [2.05, 4.69) is 11.4 Å². The Labute approximate surface area is 119 Å². The summed E-state index contributed by atoms with van der Waals surface area (Å²) in [6, 6.07) is 9.27. The molecule has 0 amide bonds. The summed E-state index contributed by atoms with van der Waals surface area (Å²) < 4.78 is 0. The van der Waals surface area contributed by atoms with Crippen LogP contribution in [0.3, 0.4) is 0 Å². The number of hydrogen-bond acceptors (Lipinski definition) is 3. The number of halogens is 1. The largest absolute Gasteiger partial charge is 0.478 e. The van der Waals surface area contributed by atoms with Gasteiger partial charge in [-0.25, -0.2) is 4.79 Å². The molecule has 0 atom stereocenters. The van der Waals surface area contributed by atoms with E-state index in [1.165, 1.54) is 4.88 Å². The molecule has 0 spiro atoms. The molecule has 0 bridgehead atoms. The highest BCUT2D eigenvalue weighted by molar-refractivity contribution is 7.99. The number of thiophene rings is 1. The van der Waals surface area contributed by atoms with Crippen LogP contribution >= 0.6 is 34.7 Å². The van der Waals surface area contributed by atoms with E-state index in [0.29, 0.717) is 0 Å². The van der Waals surface area contributed by atoms with E-state index in [1.54, 1.807) is 35.2 Å². The van der Waals surface area contributed by atoms with E-state index in [0.717, 1.165) is 17.1 Å². The molecule has 2 aromatic rings. The van der Waals surface area contributed by atoms with Gasteiger partial charge in [-0.1, -0.05) is 17.7 Å². The molecule has 1 heterocycles. The van der Waals surface area contributed by atoms with Crippen LogP contribution in [0.1, 0.15) is 15.2 Å². The van der Waals surface area contributed by atoms with Crippen molar-refractivity contribution in [1.29, 1.82) is 0 Å². The van der Waals surface area contributed by atoms with Crippen molar-refractivity contribution in [1.82, 2.24) is 0 Å². The molecule has 1 N–H and O–H groups in total. The Kier molecular flexibility index (Phi) is 4.69. The molecule has 1 aromatic carbocycles. The van der Waals surface area contributed by atoms with Gasteiger partial charge in [0.15, 0.2) is 0 Å². The van der Waals surface area contributed by atoms with Gasteiger partial charge < -0.3 is 5.11 Å². The van der Waals surface area contributed by atoms with E-state index in [1.807, 2.05) is 12.1 Å². The van der Waals surface area contributed by atoms with E-state index in [4.69, 9.17) is 16.7 Å². The molecule has 0 aliphatic rings. The van der Waals surface area contributed by atoms with Crippen LogP contribution in [0.15, 0.2) is 40.6 Å². The Morgan fingerprint density at radius 1 is 1.39 bits per heavy atom. The standard InChI is InChI=1S/C13H11ClO2S2/c14-12-4-3-10(8-11(12)13(15)16)18-7-5-9-2-1-6-17-9/h1-4,6,8H,5,7H2,(H,15,16). The predicted octanol–water partition coefficient (Wildman–Crippen LogP) is 4.43. The zero-order valence-corrected chi connectivity index (χ0v) is 11.8. The average molecular weight is 299 g/mol. The molecule has 0 unspecified atom stereocenters. The zero-order valence-electron chi connectivity index (χ0n) is 9.43. The van der Waals surface area contributed by atoms with Crippen molar-refractivity contribution >= 4 is 40.7 Å². The molecular formula is C13H11ClO2S2. The van der Waals surface area contributed by atoms with Crippen molar-refractivity contribution in [2.75, 3.05) is 5.75 Å². The predicted molar refractivity (Wildman–Crippen MR) is 77.2 cm³/mol. The second-order valence-electron chi connectivity index (χ2n) is 3.62. The number of carboxylic acids is 1. The first-order valence-electron chi connectivity index (χ1n) is 5.35. The minimum absolute atomic E-state index is 0.165. The zero-order chi connectivity index (χ0) is 13.0. The van der Waals surface area contributed by atoms with Crippen LogP contribution in [0.25, 0.3) is 0 Å². The van der Waals surface area contributed by atoms with Gasteiger partial charge in [0.2, 0.25) is 0 Å². The summed E-state index contributed by atoms with van der Waals surface area (Å²) in [7, 11) is 0. The lowest BCUT2D eigenvalue weighted by Gasteiger charge is -2.04. The number of thioether (sulfide) groups is 1. The Hall–Kier alpha value is -0.970. The van der Waals surface area contributed by atoms with Gasteiger partial charge in [0.1, 0.15) is 0 Å². The lowest BCUT2D eigenvalue weighted by molar-refractivity contribution is 0.0697. The molecule has 0 saturated heterocycles. The van der Waals surface area contributed by atoms with Crippen LogP contribution in [0.2, 0.25) is 5.02 Å². The highest BCUT2D eigenvalue weighted by Crippen LogP contribution is 2.25. The topological polar surface area (TPSA) is 37.3 Å². The molecule has 2 nitrogen and oxygen atoms in total. The fraction of sp³-hybridized carbons (Fsp3) is 0.154. The first kappa shape index (κ1) is 13.5. The molecule has 0 aliphatic carbocycles. The first-order chi connectivity index (χ1) is 8.66. The number of rotatable bonds is 5. The molecular weight excluding hydrogens is 288 g/mol. The molecule has 2 rings (SSSR count). The van der Waals surface area contributed by atoms with Crippen LogP contribution < -0.4 is 0 Å². The molecule has 1 aromatic heterocycles. The molecule has 0 saturated carbocycles. The summed E-state index contributed by atoms with van der Waals surface area (Å²) in [6.07, 6.45) is 0.993. The van der Waals surface area contributed by atoms with Crippen LogP contribution in [-0.2, 0) is 6.42 Å². The van der Waals surface area contributed by atoms with Crippen molar-refractivity contribution in [3.05, 3.63) is 51.2 Å². The molecule has 94 valence electrons. The number of hydrogen-bond donors (Lipinski definition) is 1. The fourth-order valence-corrected chi connectivity index (χ4v) is 3.44. The van der Waals surface area contributed by atoms with Gasteiger partial charge in [-0.2, -0.15) is 0 Å². The summed E-state index contributed by atoms with van der Waals surface area (Å²) in [5.41, 5.74) is 0.165. The Morgan fingerprint density at radius 2 is 2.22 bits per heavy atom. The summed E-state index contributed by atoms with van der Waals surface area (Å²) in [6.45, 7) is 0. The second-order valence-corrected chi connectivity index (χ2v) is 6.23. The summed E-state index contributed by atoms with van der Waals surface area (Å²) >= 11 is 9.20. The Bertz CT molecular complexity index is 538. The molecule has 0 fully saturated rings. The van der Waals surface area contributed by atoms with E-state index >= 15 is 0 Å². The number of carboxylic acid groups (broad SMARTS) is 1. The first-order valence-corrected chi connectivity index (χ1v) is 7.59. The lowest BCUT2D eigenvalue weighted by Crippen LogP contribution is -1.97. The van der Waals surface area contributed by atoms with Gasteiger partial charge in [-0.3, -0.25) is 0 Å². The normalized spacial score (nSPS) is 10.5. The van der Waals surface area contributed by atoms with Crippen LogP contribution in [0.5, 0.6) is 0 Å². The third-order valence-corrected chi connectivity index (χ3v) is 4.63. The third kappa shape index (κ3) is 3.51. The van der Waals surface area contributed by atoms with Gasteiger partial charge >= 0.3 is 5.97 Å². The SMILES string of the molecule is O=C(O)c1cc(SCCc2cccs2)ccc1Cl. The van der Waals surface area contributed by atoms with E-state index in [9.17, 15) is 4.79 Å². The second kappa shape index (κ2) is 6.27. The van der Waals surface area contributed by atoms with Crippen molar-refractivity contribution in [2.24, 2.45) is 0 Å².